The highest BCUT2D eigenvalue weighted by molar-refractivity contribution is 7.97. The van der Waals surface area contributed by atoms with Crippen LogP contribution in [0.1, 0.15) is 15.9 Å². The molecule has 0 N–H and O–H groups in total. The van der Waals surface area contributed by atoms with Crippen molar-refractivity contribution >= 4 is 16.7 Å². The van der Waals surface area contributed by atoms with E-state index < -0.39 is 0 Å². The fourth-order valence-electron chi connectivity index (χ4n) is 2.42. The first kappa shape index (κ1) is 16.0. The molecule has 0 atom stereocenters. The van der Waals surface area contributed by atoms with E-state index in [0.717, 1.165) is 9.79 Å². The highest BCUT2D eigenvalue weighted by Crippen LogP contribution is 2.24. The summed E-state index contributed by atoms with van der Waals surface area (Å²) in [4.78, 5) is 15.0. The fourth-order valence-corrected chi connectivity index (χ4v) is 4.42. The molecule has 3 rings (SSSR count). The van der Waals surface area contributed by atoms with Crippen molar-refractivity contribution in [2.24, 2.45) is 0 Å². The molecule has 0 bridgehead atoms. The Bertz CT molecular complexity index is 812. The number of benzene rings is 3. The van der Waals surface area contributed by atoms with E-state index in [1.807, 2.05) is 36.4 Å². The number of hydrogen-bond donors (Lipinski definition) is 0. The average Bonchev–Trinajstić information content (AvgIpc) is 2.67. The summed E-state index contributed by atoms with van der Waals surface area (Å²) in [5.41, 5.74) is 1.22. The second-order valence-electron chi connectivity index (χ2n) is 5.27. The van der Waals surface area contributed by atoms with E-state index >= 15 is 0 Å². The van der Waals surface area contributed by atoms with Crippen molar-refractivity contribution in [3.05, 3.63) is 96.1 Å². The molecule has 3 heteroatoms. The van der Waals surface area contributed by atoms with Crippen LogP contribution in [0.15, 0.2) is 94.7 Å². The Morgan fingerprint density at radius 2 is 1.29 bits per heavy atom. The molecule has 0 radical (unpaired) electrons. The van der Waals surface area contributed by atoms with Crippen LogP contribution < -0.4 is 0 Å². The lowest BCUT2D eigenvalue weighted by Gasteiger charge is -2.08. The van der Waals surface area contributed by atoms with Crippen molar-refractivity contribution in [2.45, 2.75) is 9.79 Å². The van der Waals surface area contributed by atoms with Gasteiger partial charge in [0.15, 0.2) is 15.5 Å². The van der Waals surface area contributed by atoms with E-state index in [-0.39, 0.29) is 16.7 Å². The highest BCUT2D eigenvalue weighted by Gasteiger charge is 2.28. The molecule has 3 aromatic rings. The van der Waals surface area contributed by atoms with Gasteiger partial charge in [0.1, 0.15) is 0 Å². The molecule has 2 nitrogen and oxygen atoms in total. The van der Waals surface area contributed by atoms with Gasteiger partial charge in [0, 0.05) is 5.56 Å². The maximum atomic E-state index is 12.7. The molecule has 0 saturated carbocycles. The zero-order valence-electron chi connectivity index (χ0n) is 13.1. The molecular formula is C21H16NOS+. The number of Topliss-reactive ketones (excluding diaryl/α,β-unsaturated/α-hetero) is 1. The Hall–Kier alpha value is -2.83. The Morgan fingerprint density at radius 3 is 1.75 bits per heavy atom. The first-order valence-electron chi connectivity index (χ1n) is 7.62. The van der Waals surface area contributed by atoms with Crippen LogP contribution in [-0.4, -0.2) is 11.5 Å². The summed E-state index contributed by atoms with van der Waals surface area (Å²) in [7, 11) is -0.304. The Kier molecular flexibility index (Phi) is 5.10. The van der Waals surface area contributed by atoms with Gasteiger partial charge >= 0.3 is 0 Å². The molecule has 0 spiro atoms. The van der Waals surface area contributed by atoms with E-state index in [0.29, 0.717) is 16.9 Å². The van der Waals surface area contributed by atoms with Gasteiger partial charge in [0.2, 0.25) is 5.78 Å². The van der Waals surface area contributed by atoms with Crippen LogP contribution in [0.4, 0.5) is 0 Å². The molecular weight excluding hydrogens is 314 g/mol. The molecule has 0 aliphatic carbocycles. The predicted molar refractivity (Wildman–Crippen MR) is 97.1 cm³/mol. The monoisotopic (exact) mass is 330 g/mol. The van der Waals surface area contributed by atoms with Gasteiger partial charge in [-0.1, -0.05) is 36.4 Å². The molecule has 0 saturated heterocycles. The molecule has 0 amide bonds. The van der Waals surface area contributed by atoms with E-state index in [2.05, 4.69) is 30.3 Å². The van der Waals surface area contributed by atoms with Gasteiger partial charge in [-0.15, -0.1) is 0 Å². The van der Waals surface area contributed by atoms with Crippen LogP contribution in [0.5, 0.6) is 0 Å². The van der Waals surface area contributed by atoms with Crippen molar-refractivity contribution in [3.8, 4) is 6.07 Å². The van der Waals surface area contributed by atoms with E-state index in [1.54, 1.807) is 24.3 Å². The molecule has 0 aromatic heterocycles. The molecule has 0 heterocycles. The van der Waals surface area contributed by atoms with Crippen LogP contribution in [0.2, 0.25) is 0 Å². The predicted octanol–water partition coefficient (Wildman–Crippen LogP) is 4.48. The summed E-state index contributed by atoms with van der Waals surface area (Å²) >= 11 is 0. The smallest absolute Gasteiger partial charge is 0.212 e. The summed E-state index contributed by atoms with van der Waals surface area (Å²) in [5, 5.41) is 8.88. The number of nitriles is 1. The van der Waals surface area contributed by atoms with Gasteiger partial charge in [-0.3, -0.25) is 4.79 Å². The van der Waals surface area contributed by atoms with Crippen LogP contribution in [0.3, 0.4) is 0 Å². The fraction of sp³-hybridized carbons (Fsp3) is 0.0476. The zero-order chi connectivity index (χ0) is 16.8. The van der Waals surface area contributed by atoms with Crippen LogP contribution in [0.25, 0.3) is 0 Å². The third-order valence-electron chi connectivity index (χ3n) is 3.67. The van der Waals surface area contributed by atoms with E-state index in [1.165, 1.54) is 0 Å². The first-order chi connectivity index (χ1) is 11.8. The van der Waals surface area contributed by atoms with Gasteiger partial charge in [-0.2, -0.15) is 5.26 Å². The van der Waals surface area contributed by atoms with Crippen molar-refractivity contribution in [1.29, 1.82) is 5.26 Å². The Balaban J connectivity index is 1.89. The van der Waals surface area contributed by atoms with Gasteiger partial charge < -0.3 is 0 Å². The Labute approximate surface area is 144 Å². The quantitative estimate of drug-likeness (QED) is 0.511. The summed E-state index contributed by atoms with van der Waals surface area (Å²) in [5.74, 6) is 0.524. The van der Waals surface area contributed by atoms with Crippen molar-refractivity contribution in [2.75, 3.05) is 5.75 Å². The Morgan fingerprint density at radius 1 is 0.792 bits per heavy atom. The van der Waals surface area contributed by atoms with Crippen LogP contribution >= 0.6 is 0 Å². The minimum absolute atomic E-state index is 0.0931. The summed E-state index contributed by atoms with van der Waals surface area (Å²) in [6.45, 7) is 0. The molecule has 0 aliphatic heterocycles. The zero-order valence-corrected chi connectivity index (χ0v) is 13.9. The van der Waals surface area contributed by atoms with Gasteiger partial charge in [0.25, 0.3) is 0 Å². The number of carbonyl (C=O) groups is 1. The maximum absolute atomic E-state index is 12.7. The maximum Gasteiger partial charge on any atom is 0.212 e. The van der Waals surface area contributed by atoms with Gasteiger partial charge in [-0.25, -0.2) is 0 Å². The molecule has 24 heavy (non-hydrogen) atoms. The van der Waals surface area contributed by atoms with E-state index in [4.69, 9.17) is 5.26 Å². The minimum atomic E-state index is -0.304. The lowest BCUT2D eigenvalue weighted by Crippen LogP contribution is -2.17. The van der Waals surface area contributed by atoms with Crippen LogP contribution in [-0.2, 0) is 10.9 Å². The number of hydrogen-bond acceptors (Lipinski definition) is 2. The van der Waals surface area contributed by atoms with Crippen molar-refractivity contribution < 1.29 is 4.79 Å². The number of nitrogens with zero attached hydrogens (tertiary/aromatic N) is 1. The number of carbonyl (C=O) groups excluding carboxylic acids is 1. The van der Waals surface area contributed by atoms with Gasteiger partial charge in [-0.05, 0) is 48.5 Å². The second-order valence-corrected chi connectivity index (χ2v) is 7.29. The topological polar surface area (TPSA) is 40.9 Å². The molecule has 116 valence electrons. The minimum Gasteiger partial charge on any atom is -0.289 e. The lowest BCUT2D eigenvalue weighted by atomic mass is 10.1. The number of ketones is 1. The lowest BCUT2D eigenvalue weighted by molar-refractivity contribution is 0.102. The largest absolute Gasteiger partial charge is 0.289 e. The third kappa shape index (κ3) is 3.73. The molecule has 0 aliphatic rings. The molecule has 3 aromatic carbocycles. The average molecular weight is 330 g/mol. The van der Waals surface area contributed by atoms with E-state index in [9.17, 15) is 4.79 Å². The normalized spacial score (nSPS) is 10.3. The summed E-state index contributed by atoms with van der Waals surface area (Å²) in [6.07, 6.45) is 0. The van der Waals surface area contributed by atoms with Crippen molar-refractivity contribution in [3.63, 3.8) is 0 Å². The standard InChI is InChI=1S/C21H16NOS/c22-15-17-11-13-18(14-12-17)21(23)16-24(19-7-3-1-4-8-19)20-9-5-2-6-10-20/h1-14H,16H2/q+1. The molecule has 0 unspecified atom stereocenters. The van der Waals surface area contributed by atoms with Crippen LogP contribution in [0, 0.1) is 11.3 Å². The first-order valence-corrected chi connectivity index (χ1v) is 9.01. The summed E-state index contributed by atoms with van der Waals surface area (Å²) in [6, 6.07) is 29.2. The number of rotatable bonds is 5. The highest BCUT2D eigenvalue weighted by atomic mass is 32.2. The summed E-state index contributed by atoms with van der Waals surface area (Å²) < 4.78 is 0. The molecule has 0 fully saturated rings. The second kappa shape index (κ2) is 7.63. The van der Waals surface area contributed by atoms with Gasteiger partial charge in [0.05, 0.1) is 22.5 Å². The van der Waals surface area contributed by atoms with Crippen molar-refractivity contribution in [1.82, 2.24) is 0 Å². The SMILES string of the molecule is N#Cc1ccc(C(=O)C[S+](c2ccccc2)c2ccccc2)cc1. The third-order valence-corrected chi connectivity index (χ3v) is 5.90.